The number of hydrogen-bond acceptors (Lipinski definition) is 3. The zero-order chi connectivity index (χ0) is 13.5. The molecule has 0 saturated carbocycles. The first-order valence-corrected chi connectivity index (χ1v) is 6.47. The molecule has 0 radical (unpaired) electrons. The summed E-state index contributed by atoms with van der Waals surface area (Å²) in [6.07, 6.45) is -0.451. The number of nitrogens with one attached hydrogen (secondary N) is 1. The minimum atomic E-state index is -0.451. The highest BCUT2D eigenvalue weighted by Crippen LogP contribution is 2.17. The van der Waals surface area contributed by atoms with Crippen molar-refractivity contribution < 1.29 is 9.50 Å². The molecule has 1 aromatic rings. The summed E-state index contributed by atoms with van der Waals surface area (Å²) >= 11 is 0. The summed E-state index contributed by atoms with van der Waals surface area (Å²) in [5.74, 6) is -0.224. The predicted octanol–water partition coefficient (Wildman–Crippen LogP) is 2.25. The molecule has 0 saturated heterocycles. The van der Waals surface area contributed by atoms with Gasteiger partial charge < -0.3 is 15.3 Å². The van der Waals surface area contributed by atoms with Gasteiger partial charge in [0.15, 0.2) is 0 Å². The summed E-state index contributed by atoms with van der Waals surface area (Å²) in [5, 5.41) is 13.0. The third kappa shape index (κ3) is 4.27. The molecule has 1 atom stereocenters. The highest BCUT2D eigenvalue weighted by molar-refractivity contribution is 5.50. The van der Waals surface area contributed by atoms with Crippen molar-refractivity contribution in [2.24, 2.45) is 0 Å². The Labute approximate surface area is 109 Å². The monoisotopic (exact) mass is 254 g/mol. The van der Waals surface area contributed by atoms with Crippen molar-refractivity contribution in [3.8, 4) is 0 Å². The summed E-state index contributed by atoms with van der Waals surface area (Å²) in [5.41, 5.74) is 1.33. The molecule has 0 aliphatic carbocycles. The van der Waals surface area contributed by atoms with Crippen LogP contribution >= 0.6 is 0 Å². The summed E-state index contributed by atoms with van der Waals surface area (Å²) in [6, 6.07) is 4.93. The van der Waals surface area contributed by atoms with Gasteiger partial charge in [-0.25, -0.2) is 4.39 Å². The molecule has 0 aliphatic rings. The van der Waals surface area contributed by atoms with Crippen molar-refractivity contribution in [2.45, 2.75) is 26.9 Å². The maximum atomic E-state index is 13.3. The van der Waals surface area contributed by atoms with Gasteiger partial charge >= 0.3 is 0 Å². The molecule has 0 fully saturated rings. The van der Waals surface area contributed by atoms with Crippen LogP contribution in [-0.4, -0.2) is 42.3 Å². The van der Waals surface area contributed by atoms with E-state index >= 15 is 0 Å². The van der Waals surface area contributed by atoms with Gasteiger partial charge in [-0.15, -0.1) is 0 Å². The van der Waals surface area contributed by atoms with E-state index < -0.39 is 6.10 Å². The van der Waals surface area contributed by atoms with E-state index in [-0.39, 0.29) is 5.82 Å². The molecule has 2 N–H and O–H groups in total. The van der Waals surface area contributed by atoms with Gasteiger partial charge in [-0.05, 0) is 32.1 Å². The van der Waals surface area contributed by atoms with Crippen molar-refractivity contribution in [3.63, 3.8) is 0 Å². The molecule has 0 heterocycles. The van der Waals surface area contributed by atoms with E-state index in [1.807, 2.05) is 6.07 Å². The van der Waals surface area contributed by atoms with Crippen LogP contribution in [0.4, 0.5) is 10.1 Å². The van der Waals surface area contributed by atoms with Crippen LogP contribution in [0.25, 0.3) is 0 Å². The zero-order valence-electron chi connectivity index (χ0n) is 11.4. The van der Waals surface area contributed by atoms with E-state index in [9.17, 15) is 9.50 Å². The fraction of sp³-hybridized carbons (Fsp3) is 0.571. The number of likely N-dealkylation sites (N-methyl/N-ethyl adjacent to an activating group) is 1. The Balaban J connectivity index is 2.47. The molecule has 0 aromatic heterocycles. The minimum absolute atomic E-state index is 0.224. The lowest BCUT2D eigenvalue weighted by Gasteiger charge is -2.22. The number of nitrogens with zero attached hydrogens (tertiary/aromatic N) is 1. The summed E-state index contributed by atoms with van der Waals surface area (Å²) < 4.78 is 13.3. The molecule has 102 valence electrons. The van der Waals surface area contributed by atoms with Crippen LogP contribution in [-0.2, 0) is 0 Å². The fourth-order valence-electron chi connectivity index (χ4n) is 1.87. The van der Waals surface area contributed by atoms with Gasteiger partial charge in [-0.2, -0.15) is 0 Å². The highest BCUT2D eigenvalue weighted by atomic mass is 19.1. The van der Waals surface area contributed by atoms with Gasteiger partial charge in [0.2, 0.25) is 0 Å². The van der Waals surface area contributed by atoms with Crippen molar-refractivity contribution in [2.75, 3.05) is 31.5 Å². The SMILES string of the molecule is CCN(CC)CC(O)CNc1cccc(F)c1C. The number of benzene rings is 1. The van der Waals surface area contributed by atoms with E-state index in [0.29, 0.717) is 18.7 Å². The van der Waals surface area contributed by atoms with E-state index in [1.165, 1.54) is 6.07 Å². The van der Waals surface area contributed by atoms with Gasteiger partial charge in [-0.1, -0.05) is 19.9 Å². The first kappa shape index (κ1) is 14.9. The Morgan fingerprint density at radius 3 is 2.61 bits per heavy atom. The molecule has 18 heavy (non-hydrogen) atoms. The summed E-state index contributed by atoms with van der Waals surface area (Å²) in [6.45, 7) is 8.78. The second kappa shape index (κ2) is 7.34. The molecule has 0 aliphatic heterocycles. The Hall–Kier alpha value is -1.13. The first-order valence-electron chi connectivity index (χ1n) is 6.47. The summed E-state index contributed by atoms with van der Waals surface area (Å²) in [4.78, 5) is 2.16. The van der Waals surface area contributed by atoms with Crippen LogP contribution in [0.3, 0.4) is 0 Å². The predicted molar refractivity (Wildman–Crippen MR) is 73.4 cm³/mol. The molecule has 0 bridgehead atoms. The number of rotatable bonds is 7. The number of aliphatic hydroxyl groups excluding tert-OH is 1. The van der Waals surface area contributed by atoms with Crippen molar-refractivity contribution >= 4 is 5.69 Å². The van der Waals surface area contributed by atoms with E-state index in [4.69, 9.17) is 0 Å². The van der Waals surface area contributed by atoms with E-state index in [2.05, 4.69) is 24.1 Å². The average molecular weight is 254 g/mol. The molecular formula is C14H23FN2O. The number of anilines is 1. The lowest BCUT2D eigenvalue weighted by molar-refractivity contribution is 0.128. The second-order valence-electron chi connectivity index (χ2n) is 4.43. The van der Waals surface area contributed by atoms with Crippen LogP contribution < -0.4 is 5.32 Å². The normalized spacial score (nSPS) is 12.8. The van der Waals surface area contributed by atoms with E-state index in [1.54, 1.807) is 13.0 Å². The molecule has 1 aromatic carbocycles. The standard InChI is InChI=1S/C14H23FN2O/c1-4-17(5-2)10-12(18)9-16-14-8-6-7-13(15)11(14)3/h6-8,12,16,18H,4-5,9-10H2,1-3H3. The number of halogens is 1. The average Bonchev–Trinajstić information content (AvgIpc) is 2.37. The smallest absolute Gasteiger partial charge is 0.128 e. The minimum Gasteiger partial charge on any atom is -0.390 e. The molecule has 0 spiro atoms. The van der Waals surface area contributed by atoms with Crippen molar-refractivity contribution in [3.05, 3.63) is 29.6 Å². The van der Waals surface area contributed by atoms with Crippen LogP contribution in [0, 0.1) is 12.7 Å². The maximum absolute atomic E-state index is 13.3. The number of aliphatic hydroxyl groups is 1. The van der Waals surface area contributed by atoms with Gasteiger partial charge in [0.25, 0.3) is 0 Å². The summed E-state index contributed by atoms with van der Waals surface area (Å²) in [7, 11) is 0. The number of hydrogen-bond donors (Lipinski definition) is 2. The molecule has 1 unspecified atom stereocenters. The fourth-order valence-corrected chi connectivity index (χ4v) is 1.87. The van der Waals surface area contributed by atoms with Gasteiger partial charge in [0.1, 0.15) is 5.82 Å². The Kier molecular flexibility index (Phi) is 6.09. The molecule has 0 amide bonds. The zero-order valence-corrected chi connectivity index (χ0v) is 11.4. The van der Waals surface area contributed by atoms with Gasteiger partial charge in [0, 0.05) is 24.3 Å². The lowest BCUT2D eigenvalue weighted by Crippen LogP contribution is -2.36. The third-order valence-electron chi connectivity index (χ3n) is 3.16. The molecule has 4 heteroatoms. The molecule has 3 nitrogen and oxygen atoms in total. The Bertz CT molecular complexity index is 367. The largest absolute Gasteiger partial charge is 0.390 e. The third-order valence-corrected chi connectivity index (χ3v) is 3.16. The topological polar surface area (TPSA) is 35.5 Å². The maximum Gasteiger partial charge on any atom is 0.128 e. The van der Waals surface area contributed by atoms with Gasteiger partial charge in [-0.3, -0.25) is 0 Å². The van der Waals surface area contributed by atoms with Crippen molar-refractivity contribution in [1.29, 1.82) is 0 Å². The second-order valence-corrected chi connectivity index (χ2v) is 4.43. The van der Waals surface area contributed by atoms with Crippen LogP contribution in [0.2, 0.25) is 0 Å². The first-order chi connectivity index (χ1) is 8.58. The Morgan fingerprint density at radius 1 is 1.33 bits per heavy atom. The molecule has 1 rings (SSSR count). The quantitative estimate of drug-likeness (QED) is 0.783. The van der Waals surface area contributed by atoms with Gasteiger partial charge in [0.05, 0.1) is 6.10 Å². The lowest BCUT2D eigenvalue weighted by atomic mass is 10.2. The molecular weight excluding hydrogens is 231 g/mol. The van der Waals surface area contributed by atoms with Crippen LogP contribution in [0.5, 0.6) is 0 Å². The highest BCUT2D eigenvalue weighted by Gasteiger charge is 2.10. The van der Waals surface area contributed by atoms with Crippen molar-refractivity contribution in [1.82, 2.24) is 4.90 Å². The van der Waals surface area contributed by atoms with Crippen LogP contribution in [0.15, 0.2) is 18.2 Å². The van der Waals surface area contributed by atoms with E-state index in [0.717, 1.165) is 18.8 Å². The Morgan fingerprint density at radius 2 is 2.00 bits per heavy atom. The van der Waals surface area contributed by atoms with Crippen LogP contribution in [0.1, 0.15) is 19.4 Å².